The molecule has 0 saturated carbocycles. The third kappa shape index (κ3) is 3.27. The van der Waals surface area contributed by atoms with Crippen molar-refractivity contribution in [1.82, 2.24) is 9.88 Å². The summed E-state index contributed by atoms with van der Waals surface area (Å²) >= 11 is 0. The first kappa shape index (κ1) is 16.5. The number of carbonyl (C=O) groups excluding carboxylic acids is 1. The number of benzene rings is 1. The number of hydrogen-bond acceptors (Lipinski definition) is 2. The summed E-state index contributed by atoms with van der Waals surface area (Å²) in [5.41, 5.74) is 1.53. The molecule has 1 fully saturated rings. The minimum absolute atomic E-state index is 0.125. The van der Waals surface area contributed by atoms with Gasteiger partial charge in [-0.15, -0.1) is 0 Å². The van der Waals surface area contributed by atoms with E-state index in [1.807, 2.05) is 0 Å². The molecule has 1 aromatic heterocycles. The Kier molecular flexibility index (Phi) is 4.30. The van der Waals surface area contributed by atoms with Gasteiger partial charge >= 0.3 is 0 Å². The maximum absolute atomic E-state index is 14.0. The Morgan fingerprint density at radius 3 is 2.75 bits per heavy atom. The van der Waals surface area contributed by atoms with Gasteiger partial charge in [-0.1, -0.05) is 18.2 Å². The van der Waals surface area contributed by atoms with Crippen LogP contribution in [0.4, 0.5) is 13.2 Å². The van der Waals surface area contributed by atoms with Crippen LogP contribution in [0.1, 0.15) is 31.5 Å². The molecule has 1 aliphatic rings. The highest BCUT2D eigenvalue weighted by Crippen LogP contribution is 2.38. The second-order valence-corrected chi connectivity index (χ2v) is 6.01. The number of likely N-dealkylation sites (tertiary alicyclic amines) is 1. The first-order valence-corrected chi connectivity index (χ1v) is 7.73. The topological polar surface area (TPSA) is 33.2 Å². The van der Waals surface area contributed by atoms with Crippen LogP contribution in [0, 0.1) is 5.82 Å². The number of amides is 1. The van der Waals surface area contributed by atoms with E-state index in [1.165, 1.54) is 19.2 Å². The van der Waals surface area contributed by atoms with E-state index < -0.39 is 24.4 Å². The van der Waals surface area contributed by atoms with Crippen LogP contribution in [0.15, 0.2) is 42.6 Å². The Balaban J connectivity index is 1.96. The fraction of sp³-hybridized carbons (Fsp3) is 0.333. The average Bonchev–Trinajstić information content (AvgIpc) is 2.54. The van der Waals surface area contributed by atoms with Gasteiger partial charge in [-0.2, -0.15) is 0 Å². The minimum Gasteiger partial charge on any atom is -0.328 e. The molecule has 0 bridgehead atoms. The quantitative estimate of drug-likeness (QED) is 0.824. The van der Waals surface area contributed by atoms with Gasteiger partial charge in [0.2, 0.25) is 5.91 Å². The van der Waals surface area contributed by atoms with Crippen LogP contribution in [0.2, 0.25) is 0 Å². The first-order chi connectivity index (χ1) is 11.4. The Bertz CT molecular complexity index is 763. The summed E-state index contributed by atoms with van der Waals surface area (Å²) in [4.78, 5) is 17.2. The summed E-state index contributed by atoms with van der Waals surface area (Å²) in [7, 11) is 0. The van der Waals surface area contributed by atoms with Crippen molar-refractivity contribution in [3.05, 3.63) is 54.1 Å². The fourth-order valence-corrected chi connectivity index (χ4v) is 3.07. The number of pyridine rings is 1. The summed E-state index contributed by atoms with van der Waals surface area (Å²) in [6.07, 6.45) is 1.34. The van der Waals surface area contributed by atoms with Crippen LogP contribution in [-0.4, -0.2) is 28.3 Å². The number of carbonyl (C=O) groups is 1. The van der Waals surface area contributed by atoms with Crippen molar-refractivity contribution in [3.63, 3.8) is 0 Å². The van der Waals surface area contributed by atoms with Gasteiger partial charge in [0.25, 0.3) is 5.92 Å². The lowest BCUT2D eigenvalue weighted by atomic mass is 9.94. The molecule has 0 aliphatic carbocycles. The zero-order chi connectivity index (χ0) is 17.3. The third-order valence-electron chi connectivity index (χ3n) is 4.27. The van der Waals surface area contributed by atoms with Gasteiger partial charge in [-0.25, -0.2) is 13.2 Å². The highest BCUT2D eigenvalue weighted by atomic mass is 19.3. The molecule has 2 heterocycles. The molecular formula is C18H17F3N2O. The van der Waals surface area contributed by atoms with Crippen LogP contribution in [0.25, 0.3) is 11.1 Å². The molecule has 1 atom stereocenters. The average molecular weight is 334 g/mol. The van der Waals surface area contributed by atoms with Crippen LogP contribution in [0.5, 0.6) is 0 Å². The molecule has 2 aromatic rings. The van der Waals surface area contributed by atoms with Gasteiger partial charge in [-0.3, -0.25) is 9.78 Å². The van der Waals surface area contributed by atoms with Crippen molar-refractivity contribution in [2.45, 2.75) is 31.7 Å². The Morgan fingerprint density at radius 2 is 2.04 bits per heavy atom. The van der Waals surface area contributed by atoms with Gasteiger partial charge in [0, 0.05) is 25.1 Å². The van der Waals surface area contributed by atoms with Crippen molar-refractivity contribution in [2.24, 2.45) is 0 Å². The Morgan fingerprint density at radius 1 is 1.29 bits per heavy atom. The molecule has 24 heavy (non-hydrogen) atoms. The highest BCUT2D eigenvalue weighted by Gasteiger charge is 2.42. The molecule has 3 rings (SSSR count). The molecule has 0 spiro atoms. The van der Waals surface area contributed by atoms with Gasteiger partial charge in [-0.05, 0) is 30.2 Å². The van der Waals surface area contributed by atoms with E-state index in [4.69, 9.17) is 0 Å². The number of aromatic nitrogens is 1. The van der Waals surface area contributed by atoms with E-state index in [0.717, 1.165) is 4.90 Å². The predicted octanol–water partition coefficient (Wildman–Crippen LogP) is 4.21. The molecule has 1 amide bonds. The number of nitrogens with zero attached hydrogens (tertiary/aromatic N) is 2. The maximum Gasteiger partial charge on any atom is 0.265 e. The minimum atomic E-state index is -2.88. The van der Waals surface area contributed by atoms with Gasteiger partial charge in [0.05, 0.1) is 18.3 Å². The van der Waals surface area contributed by atoms with Crippen LogP contribution in [0.3, 0.4) is 0 Å². The molecular weight excluding hydrogens is 317 g/mol. The van der Waals surface area contributed by atoms with Gasteiger partial charge < -0.3 is 4.90 Å². The number of piperidine rings is 1. The molecule has 1 unspecified atom stereocenters. The number of halogens is 3. The van der Waals surface area contributed by atoms with E-state index in [-0.39, 0.29) is 18.7 Å². The van der Waals surface area contributed by atoms with Crippen molar-refractivity contribution in [3.8, 4) is 11.1 Å². The summed E-state index contributed by atoms with van der Waals surface area (Å²) in [6, 6.07) is 9.14. The standard InChI is InChI=1S/C18H17F3N2O/c1-12(24)23-11-18(20,21)8-6-17(23)16-10-13(7-9-22-16)14-4-2-3-5-15(14)19/h2-5,7,9-10,17H,6,8,11H2,1H3. The second kappa shape index (κ2) is 6.26. The molecule has 1 aromatic carbocycles. The van der Waals surface area contributed by atoms with Crippen molar-refractivity contribution >= 4 is 5.91 Å². The molecule has 6 heteroatoms. The van der Waals surface area contributed by atoms with Crippen molar-refractivity contribution < 1.29 is 18.0 Å². The third-order valence-corrected chi connectivity index (χ3v) is 4.27. The normalized spacial score (nSPS) is 20.0. The number of alkyl halides is 2. The van der Waals surface area contributed by atoms with Crippen LogP contribution < -0.4 is 0 Å². The molecule has 0 radical (unpaired) electrons. The smallest absolute Gasteiger partial charge is 0.265 e. The van der Waals surface area contributed by atoms with Crippen molar-refractivity contribution in [2.75, 3.05) is 6.54 Å². The van der Waals surface area contributed by atoms with Crippen molar-refractivity contribution in [1.29, 1.82) is 0 Å². The highest BCUT2D eigenvalue weighted by molar-refractivity contribution is 5.74. The monoisotopic (exact) mass is 334 g/mol. The molecule has 3 nitrogen and oxygen atoms in total. The molecule has 126 valence electrons. The SMILES string of the molecule is CC(=O)N1CC(F)(F)CCC1c1cc(-c2ccccc2F)ccn1. The predicted molar refractivity (Wildman–Crippen MR) is 83.9 cm³/mol. The van der Waals surface area contributed by atoms with Gasteiger partial charge in [0.1, 0.15) is 5.82 Å². The lowest BCUT2D eigenvalue weighted by molar-refractivity contribution is -0.145. The fourth-order valence-electron chi connectivity index (χ4n) is 3.07. The Hall–Kier alpha value is -2.37. The molecule has 1 saturated heterocycles. The number of hydrogen-bond donors (Lipinski definition) is 0. The second-order valence-electron chi connectivity index (χ2n) is 6.01. The molecule has 1 aliphatic heterocycles. The summed E-state index contributed by atoms with van der Waals surface area (Å²) in [6.45, 7) is 0.660. The van der Waals surface area contributed by atoms with E-state index in [9.17, 15) is 18.0 Å². The van der Waals surface area contributed by atoms with E-state index in [0.29, 0.717) is 16.8 Å². The summed E-state index contributed by atoms with van der Waals surface area (Å²) in [5.74, 6) is -3.67. The Labute approximate surface area is 138 Å². The van der Waals surface area contributed by atoms with E-state index in [2.05, 4.69) is 4.98 Å². The lowest BCUT2D eigenvalue weighted by Crippen LogP contribution is -2.46. The largest absolute Gasteiger partial charge is 0.328 e. The van der Waals surface area contributed by atoms with E-state index >= 15 is 0 Å². The van der Waals surface area contributed by atoms with Crippen LogP contribution in [-0.2, 0) is 4.79 Å². The lowest BCUT2D eigenvalue weighted by Gasteiger charge is -2.38. The zero-order valence-corrected chi connectivity index (χ0v) is 13.2. The molecule has 0 N–H and O–H groups in total. The first-order valence-electron chi connectivity index (χ1n) is 7.73. The van der Waals surface area contributed by atoms with Crippen LogP contribution >= 0.6 is 0 Å². The van der Waals surface area contributed by atoms with Gasteiger partial charge in [0.15, 0.2) is 0 Å². The maximum atomic E-state index is 14.0. The zero-order valence-electron chi connectivity index (χ0n) is 13.2. The number of rotatable bonds is 2. The summed E-state index contributed by atoms with van der Waals surface area (Å²) < 4.78 is 41.2. The van der Waals surface area contributed by atoms with E-state index in [1.54, 1.807) is 30.3 Å². The summed E-state index contributed by atoms with van der Waals surface area (Å²) in [5, 5.41) is 0.